The fourth-order valence-corrected chi connectivity index (χ4v) is 7.94. The highest BCUT2D eigenvalue weighted by Gasteiger charge is 2.33. The van der Waals surface area contributed by atoms with Crippen molar-refractivity contribution in [3.8, 4) is 11.3 Å². The molecule has 1 aromatic heterocycles. The van der Waals surface area contributed by atoms with Crippen molar-refractivity contribution in [2.45, 2.75) is 78.0 Å². The molecule has 0 radical (unpaired) electrons. The Labute approximate surface area is 232 Å². The van der Waals surface area contributed by atoms with E-state index in [2.05, 4.69) is 122 Å². The highest BCUT2D eigenvalue weighted by molar-refractivity contribution is 8.00. The molecule has 0 fully saturated rings. The van der Waals surface area contributed by atoms with E-state index in [-0.39, 0.29) is 10.8 Å². The molecule has 1 aliphatic rings. The lowest BCUT2D eigenvalue weighted by atomic mass is 9.82. The zero-order valence-electron chi connectivity index (χ0n) is 24.5. The van der Waals surface area contributed by atoms with Crippen molar-refractivity contribution in [1.82, 2.24) is 0 Å². The van der Waals surface area contributed by atoms with Gasteiger partial charge in [0.2, 0.25) is 5.69 Å². The molecule has 0 atom stereocenters. The summed E-state index contributed by atoms with van der Waals surface area (Å²) in [4.78, 5) is 2.84. The molecule has 2 heterocycles. The van der Waals surface area contributed by atoms with Gasteiger partial charge in [-0.15, -0.1) is 0 Å². The fraction of sp³-hybridized carbons (Fsp3) is 0.361. The number of nitrogens with zero attached hydrogens (tertiary/aromatic N) is 1. The Bertz CT molecular complexity index is 1780. The Kier molecular flexibility index (Phi) is 5.74. The lowest BCUT2D eigenvalue weighted by molar-refractivity contribution is -0.659. The van der Waals surface area contributed by atoms with Gasteiger partial charge in [-0.2, -0.15) is 0 Å². The first-order valence-corrected chi connectivity index (χ1v) is 14.7. The summed E-state index contributed by atoms with van der Waals surface area (Å²) in [5.74, 6) is 0. The van der Waals surface area contributed by atoms with Crippen LogP contribution in [0.3, 0.4) is 0 Å². The minimum Gasteiger partial charge on any atom is -0.200 e. The van der Waals surface area contributed by atoms with E-state index in [1.165, 1.54) is 75.6 Å². The Morgan fingerprint density at radius 2 is 1.42 bits per heavy atom. The molecule has 0 aliphatic carbocycles. The summed E-state index contributed by atoms with van der Waals surface area (Å²) < 4.78 is 2.37. The largest absolute Gasteiger partial charge is 0.222 e. The monoisotopic (exact) mass is 518 g/mol. The first-order chi connectivity index (χ1) is 17.8. The van der Waals surface area contributed by atoms with E-state index in [4.69, 9.17) is 0 Å². The van der Waals surface area contributed by atoms with Gasteiger partial charge in [-0.05, 0) is 87.4 Å². The molecule has 2 heteroatoms. The van der Waals surface area contributed by atoms with Crippen LogP contribution in [0.2, 0.25) is 0 Å². The quantitative estimate of drug-likeness (QED) is 0.163. The number of fused-ring (bicyclic) bond motifs is 5. The van der Waals surface area contributed by atoms with Gasteiger partial charge in [0.15, 0.2) is 6.20 Å². The van der Waals surface area contributed by atoms with Gasteiger partial charge >= 0.3 is 0 Å². The molecule has 0 bridgehead atoms. The van der Waals surface area contributed by atoms with Gasteiger partial charge in [0, 0.05) is 21.2 Å². The van der Waals surface area contributed by atoms with Gasteiger partial charge in [-0.1, -0.05) is 89.7 Å². The smallest absolute Gasteiger partial charge is 0.200 e. The molecular weight excluding hydrogens is 478 g/mol. The van der Waals surface area contributed by atoms with Crippen LogP contribution in [0.15, 0.2) is 64.5 Å². The highest BCUT2D eigenvalue weighted by atomic mass is 32.2. The van der Waals surface area contributed by atoms with E-state index in [0.717, 1.165) is 12.8 Å². The lowest BCUT2D eigenvalue weighted by Gasteiger charge is -2.28. The third-order valence-corrected chi connectivity index (χ3v) is 9.20. The van der Waals surface area contributed by atoms with E-state index in [1.807, 2.05) is 11.8 Å². The van der Waals surface area contributed by atoms with Crippen molar-refractivity contribution >= 4 is 44.1 Å². The average Bonchev–Trinajstić information content (AvgIpc) is 2.82. The summed E-state index contributed by atoms with van der Waals surface area (Å²) in [6.07, 6.45) is 4.42. The maximum Gasteiger partial charge on any atom is 0.222 e. The second kappa shape index (κ2) is 8.58. The summed E-state index contributed by atoms with van der Waals surface area (Å²) in [5, 5.41) is 8.36. The molecule has 38 heavy (non-hydrogen) atoms. The third-order valence-electron chi connectivity index (χ3n) is 8.01. The van der Waals surface area contributed by atoms with Crippen LogP contribution < -0.4 is 4.57 Å². The van der Waals surface area contributed by atoms with E-state index in [1.54, 1.807) is 0 Å². The maximum absolute atomic E-state index is 2.48. The topological polar surface area (TPSA) is 3.88 Å². The van der Waals surface area contributed by atoms with Gasteiger partial charge in [-0.3, -0.25) is 0 Å². The number of hydrogen-bond acceptors (Lipinski definition) is 1. The summed E-state index contributed by atoms with van der Waals surface area (Å²) in [6.45, 7) is 18.7. The van der Waals surface area contributed by atoms with Crippen LogP contribution in [0.5, 0.6) is 0 Å². The summed E-state index contributed by atoms with van der Waals surface area (Å²) in [6, 6.07) is 18.8. The Hall–Kier alpha value is -2.84. The van der Waals surface area contributed by atoms with Gasteiger partial charge in [0.1, 0.15) is 7.05 Å². The predicted octanol–water partition coefficient (Wildman–Crippen LogP) is 9.90. The third kappa shape index (κ3) is 4.13. The Morgan fingerprint density at radius 3 is 2.11 bits per heavy atom. The molecule has 1 nitrogen and oxygen atoms in total. The first kappa shape index (κ1) is 25.4. The van der Waals surface area contributed by atoms with Gasteiger partial charge in [0.05, 0.1) is 10.9 Å². The van der Waals surface area contributed by atoms with Crippen molar-refractivity contribution in [1.29, 1.82) is 0 Å². The Morgan fingerprint density at radius 1 is 0.737 bits per heavy atom. The van der Waals surface area contributed by atoms with Crippen LogP contribution in [-0.2, 0) is 19.9 Å². The normalized spacial score (nSPS) is 13.5. The van der Waals surface area contributed by atoms with Crippen molar-refractivity contribution in [3.05, 3.63) is 77.0 Å². The van der Waals surface area contributed by atoms with E-state index in [9.17, 15) is 0 Å². The van der Waals surface area contributed by atoms with Crippen molar-refractivity contribution < 1.29 is 4.57 Å². The van der Waals surface area contributed by atoms with Crippen LogP contribution in [0.1, 0.15) is 63.8 Å². The molecule has 0 saturated carbocycles. The fourth-order valence-electron chi connectivity index (χ4n) is 6.57. The number of aryl methyl sites for hydroxylation is 3. The predicted molar refractivity (Wildman–Crippen MR) is 165 cm³/mol. The molecule has 194 valence electrons. The average molecular weight is 519 g/mol. The molecule has 0 N–H and O–H groups in total. The number of benzene rings is 4. The molecule has 4 aromatic carbocycles. The summed E-state index contributed by atoms with van der Waals surface area (Å²) >= 11 is 2.00. The van der Waals surface area contributed by atoms with Crippen LogP contribution in [0.25, 0.3) is 43.6 Å². The van der Waals surface area contributed by atoms with Crippen LogP contribution in [0, 0.1) is 24.7 Å². The van der Waals surface area contributed by atoms with Gasteiger partial charge in [-0.25, -0.2) is 4.57 Å². The number of rotatable bonds is 2. The second-order valence-corrected chi connectivity index (χ2v) is 14.9. The molecule has 0 spiro atoms. The van der Waals surface area contributed by atoms with Crippen LogP contribution in [0.4, 0.5) is 0 Å². The molecular formula is C36H40NS+. The maximum atomic E-state index is 2.48. The zero-order chi connectivity index (χ0) is 27.1. The molecule has 1 aliphatic heterocycles. The molecule has 5 aromatic rings. The van der Waals surface area contributed by atoms with Crippen LogP contribution >= 0.6 is 11.8 Å². The van der Waals surface area contributed by atoms with Crippen molar-refractivity contribution in [2.75, 3.05) is 0 Å². The minimum atomic E-state index is 0.199. The van der Waals surface area contributed by atoms with Crippen LogP contribution in [-0.4, -0.2) is 0 Å². The molecule has 0 saturated heterocycles. The van der Waals surface area contributed by atoms with Gasteiger partial charge in [0.25, 0.3) is 0 Å². The molecule has 6 rings (SSSR count). The number of hydrogen-bond donors (Lipinski definition) is 0. The minimum absolute atomic E-state index is 0.199. The molecule has 0 amide bonds. The second-order valence-electron chi connectivity index (χ2n) is 13.9. The number of pyridine rings is 1. The lowest BCUT2D eigenvalue weighted by Crippen LogP contribution is -2.32. The van der Waals surface area contributed by atoms with E-state index in [0.29, 0.717) is 0 Å². The van der Waals surface area contributed by atoms with Crippen molar-refractivity contribution in [2.24, 2.45) is 17.9 Å². The first-order valence-electron chi connectivity index (χ1n) is 13.9. The standard InChI is InChI=1S/C36H40NS/c1-21-16-23(19-35(3,4)5)17-28-26-14-15-37(9)33-31-22(2)24-12-10-11-13-25(24)29(20-36(6,7)8)34(31)38-30(32(26)33)18-27(21)28/h10-18H,19-20H2,1-9H3/q+1. The van der Waals surface area contributed by atoms with Crippen molar-refractivity contribution in [3.63, 3.8) is 0 Å². The SMILES string of the molecule is Cc1c2c(c(CC(C)(C)C)c3ccccc13)Sc1cc3c(C)cc(CC(C)(C)C)cc3c3cc[n+](C)c-2c13. The highest BCUT2D eigenvalue weighted by Crippen LogP contribution is 2.53. The van der Waals surface area contributed by atoms with E-state index < -0.39 is 0 Å². The summed E-state index contributed by atoms with van der Waals surface area (Å²) in [7, 11) is 2.22. The summed E-state index contributed by atoms with van der Waals surface area (Å²) in [5.41, 5.74) is 8.96. The number of aromatic nitrogens is 1. The Balaban J connectivity index is 1.75. The zero-order valence-corrected chi connectivity index (χ0v) is 25.3. The van der Waals surface area contributed by atoms with Gasteiger partial charge < -0.3 is 0 Å². The van der Waals surface area contributed by atoms with E-state index >= 15 is 0 Å². The molecule has 0 unspecified atom stereocenters.